The molecule has 0 bridgehead atoms. The summed E-state index contributed by atoms with van der Waals surface area (Å²) in [6.45, 7) is 0.0780. The largest absolute Gasteiger partial charge is 0.392 e. The molecule has 1 heteroatoms. The molecule has 1 N–H and O–H groups in total. The zero-order chi connectivity index (χ0) is 24.6. The van der Waals surface area contributed by atoms with Crippen molar-refractivity contribution in [2.45, 2.75) is 32.3 Å². The SMILES string of the molecule is OCc1cccc(Cc2ccccc2Cc2ccccc2Cc2ccccc2Cc2ccccc2)c1. The lowest BCUT2D eigenvalue weighted by Gasteiger charge is -2.15. The van der Waals surface area contributed by atoms with Crippen LogP contribution in [0.3, 0.4) is 0 Å². The molecular weight excluding hydrogens is 436 g/mol. The van der Waals surface area contributed by atoms with Gasteiger partial charge < -0.3 is 5.11 Å². The molecule has 178 valence electrons. The smallest absolute Gasteiger partial charge is 0.0681 e. The first kappa shape index (κ1) is 23.8. The fourth-order valence-electron chi connectivity index (χ4n) is 4.99. The van der Waals surface area contributed by atoms with Crippen LogP contribution in [-0.4, -0.2) is 5.11 Å². The number of aliphatic hydroxyl groups is 1. The molecule has 0 aliphatic heterocycles. The summed E-state index contributed by atoms with van der Waals surface area (Å²) >= 11 is 0. The van der Waals surface area contributed by atoms with Crippen molar-refractivity contribution in [1.82, 2.24) is 0 Å². The summed E-state index contributed by atoms with van der Waals surface area (Å²) in [5.41, 5.74) is 11.8. The lowest BCUT2D eigenvalue weighted by atomic mass is 9.89. The van der Waals surface area contributed by atoms with E-state index < -0.39 is 0 Å². The molecule has 0 heterocycles. The first-order valence-corrected chi connectivity index (χ1v) is 12.7. The van der Waals surface area contributed by atoms with Crippen molar-refractivity contribution in [3.05, 3.63) is 177 Å². The van der Waals surface area contributed by atoms with E-state index in [1.165, 1.54) is 44.5 Å². The molecule has 0 saturated heterocycles. The van der Waals surface area contributed by atoms with E-state index in [9.17, 15) is 5.11 Å². The molecule has 5 aromatic rings. The summed E-state index contributed by atoms with van der Waals surface area (Å²) in [5, 5.41) is 9.53. The van der Waals surface area contributed by atoms with Gasteiger partial charge in [0.2, 0.25) is 0 Å². The zero-order valence-electron chi connectivity index (χ0n) is 20.6. The normalized spacial score (nSPS) is 10.9. The maximum Gasteiger partial charge on any atom is 0.0681 e. The molecule has 0 radical (unpaired) electrons. The van der Waals surface area contributed by atoms with Gasteiger partial charge in [0.25, 0.3) is 0 Å². The Labute approximate surface area is 214 Å². The van der Waals surface area contributed by atoms with Crippen molar-refractivity contribution in [2.24, 2.45) is 0 Å². The molecule has 0 atom stereocenters. The molecule has 5 aromatic carbocycles. The van der Waals surface area contributed by atoms with Gasteiger partial charge in [-0.3, -0.25) is 0 Å². The summed E-state index contributed by atoms with van der Waals surface area (Å²) in [6, 6.07) is 45.4. The van der Waals surface area contributed by atoms with E-state index in [0.29, 0.717) is 0 Å². The highest BCUT2D eigenvalue weighted by atomic mass is 16.3. The molecule has 0 aliphatic carbocycles. The lowest BCUT2D eigenvalue weighted by Crippen LogP contribution is -2.03. The summed E-state index contributed by atoms with van der Waals surface area (Å²) in [5.74, 6) is 0. The Morgan fingerprint density at radius 2 is 0.694 bits per heavy atom. The minimum Gasteiger partial charge on any atom is -0.392 e. The molecule has 1 nitrogen and oxygen atoms in total. The lowest BCUT2D eigenvalue weighted by molar-refractivity contribution is 0.281. The van der Waals surface area contributed by atoms with Gasteiger partial charge in [0, 0.05) is 0 Å². The van der Waals surface area contributed by atoms with Crippen LogP contribution in [0.25, 0.3) is 0 Å². The van der Waals surface area contributed by atoms with E-state index in [-0.39, 0.29) is 6.61 Å². The number of hydrogen-bond donors (Lipinski definition) is 1. The van der Waals surface area contributed by atoms with Crippen LogP contribution in [0.2, 0.25) is 0 Å². The van der Waals surface area contributed by atoms with Crippen LogP contribution in [0.4, 0.5) is 0 Å². The van der Waals surface area contributed by atoms with Crippen LogP contribution < -0.4 is 0 Å². The third-order valence-electron chi connectivity index (χ3n) is 6.92. The molecule has 0 aliphatic rings. The van der Waals surface area contributed by atoms with Gasteiger partial charge in [0.1, 0.15) is 0 Å². The van der Waals surface area contributed by atoms with Crippen molar-refractivity contribution < 1.29 is 5.11 Å². The zero-order valence-corrected chi connectivity index (χ0v) is 20.6. The highest BCUT2D eigenvalue weighted by molar-refractivity contribution is 5.43. The molecule has 0 aromatic heterocycles. The number of hydrogen-bond acceptors (Lipinski definition) is 1. The maximum atomic E-state index is 9.53. The molecule has 0 unspecified atom stereocenters. The average molecular weight is 469 g/mol. The van der Waals surface area contributed by atoms with E-state index in [4.69, 9.17) is 0 Å². The van der Waals surface area contributed by atoms with Crippen LogP contribution in [0.15, 0.2) is 127 Å². The van der Waals surface area contributed by atoms with Gasteiger partial charge in [-0.05, 0) is 75.8 Å². The van der Waals surface area contributed by atoms with Gasteiger partial charge in [-0.25, -0.2) is 0 Å². The van der Waals surface area contributed by atoms with E-state index in [2.05, 4.69) is 115 Å². The Kier molecular flexibility index (Phi) is 7.70. The molecule has 0 spiro atoms. The Hall–Kier alpha value is -3.94. The van der Waals surface area contributed by atoms with Gasteiger partial charge >= 0.3 is 0 Å². The topological polar surface area (TPSA) is 20.2 Å². The second-order valence-electron chi connectivity index (χ2n) is 9.48. The summed E-state index contributed by atoms with van der Waals surface area (Å²) in [4.78, 5) is 0. The van der Waals surface area contributed by atoms with Crippen molar-refractivity contribution in [3.8, 4) is 0 Å². The molecule has 0 fully saturated rings. The quantitative estimate of drug-likeness (QED) is 0.237. The first-order chi connectivity index (χ1) is 17.8. The van der Waals surface area contributed by atoms with Crippen molar-refractivity contribution in [2.75, 3.05) is 0 Å². The monoisotopic (exact) mass is 468 g/mol. The van der Waals surface area contributed by atoms with Crippen molar-refractivity contribution in [3.63, 3.8) is 0 Å². The van der Waals surface area contributed by atoms with Gasteiger partial charge in [0.05, 0.1) is 6.61 Å². The second-order valence-corrected chi connectivity index (χ2v) is 9.48. The van der Waals surface area contributed by atoms with E-state index in [0.717, 1.165) is 31.2 Å². The van der Waals surface area contributed by atoms with Crippen LogP contribution >= 0.6 is 0 Å². The molecule has 5 rings (SSSR count). The van der Waals surface area contributed by atoms with Crippen molar-refractivity contribution >= 4 is 0 Å². The minimum absolute atomic E-state index is 0.0780. The predicted octanol–water partition coefficient (Wildman–Crippen LogP) is 7.54. The molecule has 36 heavy (non-hydrogen) atoms. The number of benzene rings is 5. The van der Waals surface area contributed by atoms with Crippen molar-refractivity contribution in [1.29, 1.82) is 0 Å². The van der Waals surface area contributed by atoms with E-state index >= 15 is 0 Å². The Morgan fingerprint density at radius 3 is 1.17 bits per heavy atom. The Morgan fingerprint density at radius 1 is 0.333 bits per heavy atom. The number of rotatable bonds is 9. The molecule has 0 saturated carbocycles. The summed E-state index contributed by atoms with van der Waals surface area (Å²) < 4.78 is 0. The van der Waals surface area contributed by atoms with Crippen LogP contribution in [-0.2, 0) is 32.3 Å². The standard InChI is InChI=1S/C35H32O/c36-26-29-14-10-13-28(21-29)23-31-16-5-7-18-33(31)25-35-20-9-8-19-34(35)24-32-17-6-4-15-30(32)22-27-11-2-1-3-12-27/h1-21,36H,22-26H2. The molecular formula is C35H32O. The van der Waals surface area contributed by atoms with Gasteiger partial charge in [-0.2, -0.15) is 0 Å². The second kappa shape index (κ2) is 11.7. The Balaban J connectivity index is 1.39. The molecule has 0 amide bonds. The van der Waals surface area contributed by atoms with E-state index in [1.807, 2.05) is 12.1 Å². The number of aliphatic hydroxyl groups excluding tert-OH is 1. The fraction of sp³-hybridized carbons (Fsp3) is 0.143. The minimum atomic E-state index is 0.0780. The van der Waals surface area contributed by atoms with Crippen LogP contribution in [0, 0.1) is 0 Å². The average Bonchev–Trinajstić information content (AvgIpc) is 2.93. The highest BCUT2D eigenvalue weighted by Gasteiger charge is 2.11. The highest BCUT2D eigenvalue weighted by Crippen LogP contribution is 2.24. The maximum absolute atomic E-state index is 9.53. The first-order valence-electron chi connectivity index (χ1n) is 12.7. The predicted molar refractivity (Wildman–Crippen MR) is 149 cm³/mol. The Bertz CT molecular complexity index is 1420. The van der Waals surface area contributed by atoms with Gasteiger partial charge in [-0.15, -0.1) is 0 Å². The summed E-state index contributed by atoms with van der Waals surface area (Å²) in [7, 11) is 0. The third-order valence-corrected chi connectivity index (χ3v) is 6.92. The van der Waals surface area contributed by atoms with E-state index in [1.54, 1.807) is 0 Å². The van der Waals surface area contributed by atoms with Gasteiger partial charge in [0.15, 0.2) is 0 Å². The third kappa shape index (κ3) is 6.00. The van der Waals surface area contributed by atoms with Gasteiger partial charge in [-0.1, -0.05) is 127 Å². The van der Waals surface area contributed by atoms with Crippen LogP contribution in [0.5, 0.6) is 0 Å². The van der Waals surface area contributed by atoms with Crippen LogP contribution in [0.1, 0.15) is 50.1 Å². The summed E-state index contributed by atoms with van der Waals surface area (Å²) in [6.07, 6.45) is 3.66. The fourth-order valence-corrected chi connectivity index (χ4v) is 4.99.